The summed E-state index contributed by atoms with van der Waals surface area (Å²) in [5.74, 6) is 2.08. The van der Waals surface area contributed by atoms with Crippen LogP contribution < -0.4 is 15.4 Å². The van der Waals surface area contributed by atoms with Gasteiger partial charge in [0.15, 0.2) is 5.96 Å². The average Bonchev–Trinajstić information content (AvgIpc) is 2.67. The van der Waals surface area contributed by atoms with E-state index in [9.17, 15) is 13.2 Å². The number of likely N-dealkylation sites (tertiary alicyclic amines) is 1. The van der Waals surface area contributed by atoms with Crippen LogP contribution in [0.5, 0.6) is 5.75 Å². The summed E-state index contributed by atoms with van der Waals surface area (Å²) < 4.78 is 42.9. The Morgan fingerprint density at radius 3 is 2.41 bits per heavy atom. The van der Waals surface area contributed by atoms with Gasteiger partial charge in [-0.1, -0.05) is 18.2 Å². The summed E-state index contributed by atoms with van der Waals surface area (Å²) in [5.41, 5.74) is 0. The number of aliphatic imine (C=N–C) groups is 1. The summed E-state index contributed by atoms with van der Waals surface area (Å²) in [6, 6.07) is 9.71. The Labute approximate surface area is 188 Å². The lowest BCUT2D eigenvalue weighted by Gasteiger charge is -2.32. The summed E-state index contributed by atoms with van der Waals surface area (Å²) in [4.78, 5) is 5.70. The number of hydrogen-bond acceptors (Lipinski definition) is 3. The molecular formula is C20H32F3IN4O. The summed E-state index contributed by atoms with van der Waals surface area (Å²) in [6.07, 6.45) is -0.662. The number of hydrogen-bond donors (Lipinski definition) is 2. The highest BCUT2D eigenvalue weighted by atomic mass is 127. The van der Waals surface area contributed by atoms with Gasteiger partial charge in [0.25, 0.3) is 0 Å². The molecule has 1 saturated heterocycles. The molecule has 1 aliphatic heterocycles. The molecule has 166 valence electrons. The predicted molar refractivity (Wildman–Crippen MR) is 121 cm³/mol. The Morgan fingerprint density at radius 2 is 1.79 bits per heavy atom. The molecule has 9 heteroatoms. The van der Waals surface area contributed by atoms with Crippen molar-refractivity contribution in [2.45, 2.75) is 31.9 Å². The second-order valence-corrected chi connectivity index (χ2v) is 7.06. The molecule has 1 aromatic rings. The van der Waals surface area contributed by atoms with Crippen LogP contribution >= 0.6 is 24.0 Å². The Hall–Kier alpha value is -1.23. The number of nitrogens with zero attached hydrogens (tertiary/aromatic N) is 2. The van der Waals surface area contributed by atoms with Gasteiger partial charge in [-0.2, -0.15) is 13.2 Å². The van der Waals surface area contributed by atoms with Gasteiger partial charge in [-0.05, 0) is 56.8 Å². The molecule has 1 aromatic carbocycles. The number of ether oxygens (including phenoxy) is 1. The topological polar surface area (TPSA) is 48.9 Å². The predicted octanol–water partition coefficient (Wildman–Crippen LogP) is 3.90. The van der Waals surface area contributed by atoms with Crippen LogP contribution in [0.4, 0.5) is 13.2 Å². The average molecular weight is 528 g/mol. The van der Waals surface area contributed by atoms with Crippen LogP contribution in [-0.2, 0) is 0 Å². The maximum Gasteiger partial charge on any atom is 0.401 e. The molecule has 2 rings (SSSR count). The molecule has 0 aliphatic carbocycles. The van der Waals surface area contributed by atoms with Crippen molar-refractivity contribution in [3.63, 3.8) is 0 Å². The van der Waals surface area contributed by atoms with Crippen molar-refractivity contribution in [1.82, 2.24) is 15.5 Å². The Morgan fingerprint density at radius 1 is 1.14 bits per heavy atom. The third kappa shape index (κ3) is 11.5. The Bertz CT molecular complexity index is 579. The van der Waals surface area contributed by atoms with Crippen molar-refractivity contribution < 1.29 is 17.9 Å². The van der Waals surface area contributed by atoms with E-state index in [2.05, 4.69) is 15.6 Å². The fraction of sp³-hybridized carbons (Fsp3) is 0.650. The number of alkyl halides is 3. The Balaban J connectivity index is 0.00000420. The van der Waals surface area contributed by atoms with Crippen molar-refractivity contribution in [1.29, 1.82) is 0 Å². The highest BCUT2D eigenvalue weighted by Crippen LogP contribution is 2.23. The number of rotatable bonds is 9. The van der Waals surface area contributed by atoms with Crippen LogP contribution in [0.15, 0.2) is 35.3 Å². The van der Waals surface area contributed by atoms with Gasteiger partial charge in [0.05, 0.1) is 13.2 Å². The number of nitrogens with one attached hydrogen (secondary N) is 2. The molecule has 29 heavy (non-hydrogen) atoms. The molecule has 0 aromatic heterocycles. The van der Waals surface area contributed by atoms with Gasteiger partial charge in [-0.15, -0.1) is 24.0 Å². The standard InChI is InChI=1S/C20H31F3N4O.HI/c1-24-19(25-11-5-15-28-18-6-3-2-4-7-18)26-12-8-17-9-13-27(14-10-17)16-20(21,22)23;/h2-4,6-7,17H,5,8-16H2,1H3,(H2,24,25,26);1H. The molecule has 1 aliphatic rings. The van der Waals surface area contributed by atoms with Gasteiger partial charge in [-0.3, -0.25) is 9.89 Å². The molecule has 1 heterocycles. The maximum atomic E-state index is 12.4. The first-order valence-electron chi connectivity index (χ1n) is 9.88. The van der Waals surface area contributed by atoms with Gasteiger partial charge in [-0.25, -0.2) is 0 Å². The lowest BCUT2D eigenvalue weighted by Crippen LogP contribution is -2.41. The summed E-state index contributed by atoms with van der Waals surface area (Å²) in [6.45, 7) is 2.41. The number of halogens is 4. The summed E-state index contributed by atoms with van der Waals surface area (Å²) >= 11 is 0. The molecule has 2 N–H and O–H groups in total. The van der Waals surface area contributed by atoms with Crippen molar-refractivity contribution >= 4 is 29.9 Å². The van der Waals surface area contributed by atoms with Crippen LogP contribution in [-0.4, -0.2) is 63.4 Å². The van der Waals surface area contributed by atoms with E-state index >= 15 is 0 Å². The zero-order valence-corrected chi connectivity index (χ0v) is 19.2. The zero-order chi connectivity index (χ0) is 20.2. The largest absolute Gasteiger partial charge is 0.494 e. The van der Waals surface area contributed by atoms with Crippen molar-refractivity contribution in [3.05, 3.63) is 30.3 Å². The quantitative estimate of drug-likeness (QED) is 0.221. The Kier molecular flexibility index (Phi) is 12.4. The van der Waals surface area contributed by atoms with E-state index in [0.29, 0.717) is 25.6 Å². The number of para-hydroxylation sites is 1. The lowest BCUT2D eigenvalue weighted by atomic mass is 9.93. The smallest absolute Gasteiger partial charge is 0.401 e. The first-order chi connectivity index (χ1) is 13.5. The minimum absolute atomic E-state index is 0. The second kappa shape index (κ2) is 13.9. The number of benzene rings is 1. The lowest BCUT2D eigenvalue weighted by molar-refractivity contribution is -0.148. The van der Waals surface area contributed by atoms with E-state index in [1.807, 2.05) is 30.3 Å². The minimum Gasteiger partial charge on any atom is -0.494 e. The van der Waals surface area contributed by atoms with Gasteiger partial charge in [0, 0.05) is 20.1 Å². The first kappa shape index (κ1) is 25.8. The summed E-state index contributed by atoms with van der Waals surface area (Å²) in [7, 11) is 1.73. The molecule has 0 unspecified atom stereocenters. The zero-order valence-electron chi connectivity index (χ0n) is 16.9. The fourth-order valence-electron chi connectivity index (χ4n) is 3.29. The van der Waals surface area contributed by atoms with E-state index in [-0.39, 0.29) is 24.0 Å². The van der Waals surface area contributed by atoms with E-state index in [1.165, 1.54) is 4.90 Å². The fourth-order valence-corrected chi connectivity index (χ4v) is 3.29. The van der Waals surface area contributed by atoms with Crippen LogP contribution in [0.3, 0.4) is 0 Å². The molecule has 5 nitrogen and oxygen atoms in total. The van der Waals surface area contributed by atoms with Crippen molar-refractivity contribution in [3.8, 4) is 5.75 Å². The molecule has 0 radical (unpaired) electrons. The van der Waals surface area contributed by atoms with Gasteiger partial charge in [0.1, 0.15) is 5.75 Å². The molecule has 0 bridgehead atoms. The van der Waals surface area contributed by atoms with Crippen LogP contribution in [0, 0.1) is 5.92 Å². The molecule has 0 atom stereocenters. The second-order valence-electron chi connectivity index (χ2n) is 7.06. The van der Waals surface area contributed by atoms with Gasteiger partial charge < -0.3 is 15.4 Å². The van der Waals surface area contributed by atoms with E-state index < -0.39 is 12.7 Å². The highest BCUT2D eigenvalue weighted by Gasteiger charge is 2.32. The monoisotopic (exact) mass is 528 g/mol. The van der Waals surface area contributed by atoms with Crippen LogP contribution in [0.25, 0.3) is 0 Å². The third-order valence-electron chi connectivity index (χ3n) is 4.80. The maximum absolute atomic E-state index is 12.4. The van der Waals surface area contributed by atoms with Crippen molar-refractivity contribution in [2.24, 2.45) is 10.9 Å². The van der Waals surface area contributed by atoms with E-state index in [1.54, 1.807) is 7.05 Å². The van der Waals surface area contributed by atoms with Crippen molar-refractivity contribution in [2.75, 3.05) is 46.4 Å². The third-order valence-corrected chi connectivity index (χ3v) is 4.80. The van der Waals surface area contributed by atoms with Crippen LogP contribution in [0.2, 0.25) is 0 Å². The highest BCUT2D eigenvalue weighted by molar-refractivity contribution is 14.0. The van der Waals surface area contributed by atoms with Gasteiger partial charge in [0.2, 0.25) is 0 Å². The van der Waals surface area contributed by atoms with Crippen LogP contribution in [0.1, 0.15) is 25.7 Å². The molecular weight excluding hydrogens is 496 g/mol. The molecule has 0 amide bonds. The van der Waals surface area contributed by atoms with E-state index in [4.69, 9.17) is 4.74 Å². The normalized spacial score (nSPS) is 16.2. The molecule has 0 saturated carbocycles. The SMILES string of the molecule is CN=C(NCCCOc1ccccc1)NCCC1CCN(CC(F)(F)F)CC1.I. The minimum atomic E-state index is -4.10. The number of piperidine rings is 1. The van der Waals surface area contributed by atoms with Gasteiger partial charge >= 0.3 is 6.18 Å². The first-order valence-corrected chi connectivity index (χ1v) is 9.88. The number of guanidine groups is 1. The molecule has 1 fully saturated rings. The summed E-state index contributed by atoms with van der Waals surface area (Å²) in [5, 5.41) is 6.53. The molecule has 0 spiro atoms. The van der Waals surface area contributed by atoms with E-state index in [0.717, 1.165) is 50.5 Å².